The molecule has 2 N–H and O–H groups in total. The number of hydrogen-bond donors (Lipinski definition) is 2. The van der Waals surface area contributed by atoms with Crippen molar-refractivity contribution in [3.63, 3.8) is 0 Å². The van der Waals surface area contributed by atoms with Gasteiger partial charge in [-0.1, -0.05) is 30.3 Å². The van der Waals surface area contributed by atoms with Gasteiger partial charge in [-0.25, -0.2) is 4.39 Å². The Bertz CT molecular complexity index is 1260. The number of hydrogen-bond acceptors (Lipinski definition) is 4. The van der Waals surface area contributed by atoms with Crippen molar-refractivity contribution in [2.45, 2.75) is 6.54 Å². The molecule has 30 heavy (non-hydrogen) atoms. The van der Waals surface area contributed by atoms with Crippen LogP contribution in [0.15, 0.2) is 82.1 Å². The summed E-state index contributed by atoms with van der Waals surface area (Å²) in [6.45, 7) is 0.172. The molecule has 2 amide bonds. The van der Waals surface area contributed by atoms with Crippen LogP contribution in [0.5, 0.6) is 0 Å². The Morgan fingerprint density at radius 3 is 2.43 bits per heavy atom. The van der Waals surface area contributed by atoms with Crippen LogP contribution < -0.4 is 16.4 Å². The number of carbonyl (C=O) groups is 2. The smallest absolute Gasteiger partial charge is 0.305 e. The van der Waals surface area contributed by atoms with E-state index in [2.05, 4.69) is 10.9 Å². The zero-order valence-electron chi connectivity index (χ0n) is 15.6. The van der Waals surface area contributed by atoms with Crippen molar-refractivity contribution < 1.29 is 18.4 Å². The molecule has 0 aliphatic heterocycles. The highest BCUT2D eigenvalue weighted by atomic mass is 19.1. The van der Waals surface area contributed by atoms with E-state index in [-0.39, 0.29) is 23.7 Å². The molecule has 2 aromatic carbocycles. The molecule has 0 radical (unpaired) electrons. The van der Waals surface area contributed by atoms with Gasteiger partial charge in [0.25, 0.3) is 11.5 Å². The van der Waals surface area contributed by atoms with Gasteiger partial charge in [0.15, 0.2) is 5.76 Å². The molecule has 0 unspecified atom stereocenters. The standard InChI is InChI=1S/C22H16FN3O4/c23-16-9-7-14(8-10-16)13-26-11-3-5-17(22(26)29)20(27)24-25-21(28)19-12-15-4-1-2-6-18(15)30-19/h1-12H,13H2,(H,24,27)(H,25,28). The lowest BCUT2D eigenvalue weighted by molar-refractivity contribution is 0.0831. The van der Waals surface area contributed by atoms with Crippen LogP contribution >= 0.6 is 0 Å². The van der Waals surface area contributed by atoms with E-state index in [1.165, 1.54) is 29.0 Å². The van der Waals surface area contributed by atoms with E-state index < -0.39 is 17.4 Å². The van der Waals surface area contributed by atoms with Crippen molar-refractivity contribution in [1.29, 1.82) is 0 Å². The molecule has 0 fully saturated rings. The number of para-hydroxylation sites is 1. The molecule has 0 aliphatic carbocycles. The van der Waals surface area contributed by atoms with Gasteiger partial charge in [0.1, 0.15) is 17.0 Å². The number of benzene rings is 2. The van der Waals surface area contributed by atoms with Crippen LogP contribution in [0.3, 0.4) is 0 Å². The first-order valence-electron chi connectivity index (χ1n) is 9.04. The van der Waals surface area contributed by atoms with Crippen LogP contribution in [0.1, 0.15) is 26.5 Å². The number of halogens is 1. The maximum atomic E-state index is 13.0. The molecule has 4 rings (SSSR count). The van der Waals surface area contributed by atoms with E-state index in [0.29, 0.717) is 11.1 Å². The van der Waals surface area contributed by atoms with Crippen molar-refractivity contribution >= 4 is 22.8 Å². The van der Waals surface area contributed by atoms with Gasteiger partial charge >= 0.3 is 5.91 Å². The highest BCUT2D eigenvalue weighted by molar-refractivity contribution is 5.99. The van der Waals surface area contributed by atoms with Crippen LogP contribution in [0.2, 0.25) is 0 Å². The number of fused-ring (bicyclic) bond motifs is 1. The molecule has 0 spiro atoms. The van der Waals surface area contributed by atoms with Gasteiger partial charge in [-0.05, 0) is 42.0 Å². The summed E-state index contributed by atoms with van der Waals surface area (Å²) in [6, 6.07) is 17.3. The summed E-state index contributed by atoms with van der Waals surface area (Å²) in [5, 5.41) is 0.751. The van der Waals surface area contributed by atoms with E-state index in [1.54, 1.807) is 42.5 Å². The Morgan fingerprint density at radius 2 is 1.67 bits per heavy atom. The summed E-state index contributed by atoms with van der Waals surface area (Å²) < 4.78 is 19.8. The fourth-order valence-electron chi connectivity index (χ4n) is 2.96. The summed E-state index contributed by atoms with van der Waals surface area (Å²) in [5.41, 5.74) is 5.01. The molecule has 7 nitrogen and oxygen atoms in total. The van der Waals surface area contributed by atoms with Gasteiger partial charge in [-0.3, -0.25) is 25.2 Å². The molecule has 2 heterocycles. The third-order valence-electron chi connectivity index (χ3n) is 4.47. The van der Waals surface area contributed by atoms with Gasteiger partial charge in [-0.2, -0.15) is 0 Å². The van der Waals surface area contributed by atoms with E-state index in [0.717, 1.165) is 5.39 Å². The summed E-state index contributed by atoms with van der Waals surface area (Å²) in [5.74, 6) is -1.77. The van der Waals surface area contributed by atoms with Gasteiger partial charge in [0.05, 0.1) is 6.54 Å². The van der Waals surface area contributed by atoms with Crippen molar-refractivity contribution in [1.82, 2.24) is 15.4 Å². The fourth-order valence-corrected chi connectivity index (χ4v) is 2.96. The van der Waals surface area contributed by atoms with Gasteiger partial charge in [0.2, 0.25) is 0 Å². The van der Waals surface area contributed by atoms with Crippen LogP contribution in [-0.4, -0.2) is 16.4 Å². The van der Waals surface area contributed by atoms with Crippen LogP contribution in [0.25, 0.3) is 11.0 Å². The second kappa shape index (κ2) is 8.04. The quantitative estimate of drug-likeness (QED) is 0.511. The molecular formula is C22H16FN3O4. The Hall–Kier alpha value is -4.20. The number of nitrogens with one attached hydrogen (secondary N) is 2. The zero-order chi connectivity index (χ0) is 21.1. The lowest BCUT2D eigenvalue weighted by Gasteiger charge is -2.09. The van der Waals surface area contributed by atoms with Gasteiger partial charge < -0.3 is 8.98 Å². The highest BCUT2D eigenvalue weighted by Crippen LogP contribution is 2.18. The largest absolute Gasteiger partial charge is 0.451 e. The molecule has 0 aliphatic rings. The molecular weight excluding hydrogens is 389 g/mol. The average Bonchev–Trinajstić information content (AvgIpc) is 3.19. The summed E-state index contributed by atoms with van der Waals surface area (Å²) in [4.78, 5) is 37.3. The minimum atomic E-state index is -0.766. The topological polar surface area (TPSA) is 93.3 Å². The Balaban J connectivity index is 1.46. The maximum Gasteiger partial charge on any atom is 0.305 e. The van der Waals surface area contributed by atoms with Crippen molar-refractivity contribution in [2.75, 3.05) is 0 Å². The highest BCUT2D eigenvalue weighted by Gasteiger charge is 2.16. The van der Waals surface area contributed by atoms with Gasteiger partial charge in [0, 0.05) is 11.6 Å². The summed E-state index contributed by atoms with van der Waals surface area (Å²) in [6.07, 6.45) is 1.52. The van der Waals surface area contributed by atoms with E-state index >= 15 is 0 Å². The lowest BCUT2D eigenvalue weighted by atomic mass is 10.2. The Labute approximate surface area is 169 Å². The number of nitrogens with zero attached hydrogens (tertiary/aromatic N) is 1. The first-order chi connectivity index (χ1) is 14.5. The molecule has 4 aromatic rings. The number of aromatic nitrogens is 1. The van der Waals surface area contributed by atoms with Crippen molar-refractivity contribution in [3.05, 3.63) is 106 Å². The van der Waals surface area contributed by atoms with Crippen LogP contribution in [0.4, 0.5) is 4.39 Å². The van der Waals surface area contributed by atoms with Gasteiger partial charge in [-0.15, -0.1) is 0 Å². The molecule has 0 atom stereocenters. The number of amides is 2. The second-order valence-electron chi connectivity index (χ2n) is 6.54. The third kappa shape index (κ3) is 3.97. The third-order valence-corrected chi connectivity index (χ3v) is 4.47. The van der Waals surface area contributed by atoms with Crippen molar-refractivity contribution in [3.8, 4) is 0 Å². The molecule has 8 heteroatoms. The molecule has 150 valence electrons. The second-order valence-corrected chi connectivity index (χ2v) is 6.54. The molecule has 2 aromatic heterocycles. The Kier molecular flexibility index (Phi) is 5.13. The predicted molar refractivity (Wildman–Crippen MR) is 107 cm³/mol. The van der Waals surface area contributed by atoms with Crippen LogP contribution in [0, 0.1) is 5.82 Å². The first-order valence-corrected chi connectivity index (χ1v) is 9.04. The summed E-state index contributed by atoms with van der Waals surface area (Å²) >= 11 is 0. The number of rotatable bonds is 4. The Morgan fingerprint density at radius 1 is 0.933 bits per heavy atom. The average molecular weight is 405 g/mol. The minimum Gasteiger partial charge on any atom is -0.451 e. The number of carbonyl (C=O) groups excluding carboxylic acids is 2. The SMILES string of the molecule is O=C(NNC(=O)c1cccn(Cc2ccc(F)cc2)c1=O)c1cc2ccccc2o1. The minimum absolute atomic E-state index is 0.0262. The number of pyridine rings is 1. The molecule has 0 saturated heterocycles. The molecule has 0 saturated carbocycles. The normalized spacial score (nSPS) is 10.7. The van der Waals surface area contributed by atoms with Crippen molar-refractivity contribution in [2.24, 2.45) is 0 Å². The number of hydrazine groups is 1. The summed E-state index contributed by atoms with van der Waals surface area (Å²) in [7, 11) is 0. The fraction of sp³-hybridized carbons (Fsp3) is 0.0455. The molecule has 0 bridgehead atoms. The maximum absolute atomic E-state index is 13.0. The zero-order valence-corrected chi connectivity index (χ0v) is 15.6. The monoisotopic (exact) mass is 405 g/mol. The first kappa shape index (κ1) is 19.1. The number of furan rings is 1. The lowest BCUT2D eigenvalue weighted by Crippen LogP contribution is -2.44. The van der Waals surface area contributed by atoms with Crippen LogP contribution in [-0.2, 0) is 6.54 Å². The van der Waals surface area contributed by atoms with E-state index in [1.807, 2.05) is 6.07 Å². The van der Waals surface area contributed by atoms with E-state index in [4.69, 9.17) is 4.42 Å². The van der Waals surface area contributed by atoms with E-state index in [9.17, 15) is 18.8 Å². The predicted octanol–water partition coefficient (Wildman–Crippen LogP) is 2.86.